The minimum Gasteiger partial charge on any atom is -0.497 e. The molecule has 0 saturated carbocycles. The molecule has 1 aliphatic heterocycles. The lowest BCUT2D eigenvalue weighted by molar-refractivity contribution is -0.00680. The van der Waals surface area contributed by atoms with Crippen LogP contribution in [0, 0.1) is 0 Å². The van der Waals surface area contributed by atoms with Crippen LogP contribution in [-0.4, -0.2) is 56.4 Å². The molecule has 6 nitrogen and oxygen atoms in total. The fourth-order valence-corrected chi connectivity index (χ4v) is 2.41. The molecule has 0 aromatic heterocycles. The van der Waals surface area contributed by atoms with E-state index < -0.39 is 0 Å². The predicted molar refractivity (Wildman–Crippen MR) is 105 cm³/mol. The minimum absolute atomic E-state index is 0. The zero-order valence-corrected chi connectivity index (χ0v) is 16.4. The van der Waals surface area contributed by atoms with Crippen LogP contribution in [0.2, 0.25) is 0 Å². The largest absolute Gasteiger partial charge is 0.497 e. The summed E-state index contributed by atoms with van der Waals surface area (Å²) in [6, 6.07) is 7.59. The highest BCUT2D eigenvalue weighted by atomic mass is 127. The lowest BCUT2D eigenvalue weighted by Gasteiger charge is -2.39. The molecule has 7 heteroatoms. The van der Waals surface area contributed by atoms with Crippen LogP contribution in [0.4, 0.5) is 5.69 Å². The summed E-state index contributed by atoms with van der Waals surface area (Å²) >= 11 is 0. The summed E-state index contributed by atoms with van der Waals surface area (Å²) in [6.45, 7) is 8.45. The summed E-state index contributed by atoms with van der Waals surface area (Å²) in [4.78, 5) is 6.87. The van der Waals surface area contributed by atoms with Crippen LogP contribution in [0.3, 0.4) is 0 Å². The van der Waals surface area contributed by atoms with E-state index in [4.69, 9.17) is 15.2 Å². The number of nitrogens with one attached hydrogen (secondary N) is 1. The Labute approximate surface area is 155 Å². The fourth-order valence-electron chi connectivity index (χ4n) is 2.41. The first-order valence-electron chi connectivity index (χ1n) is 7.55. The number of benzene rings is 1. The minimum atomic E-state index is -0.0318. The molecule has 0 spiro atoms. The molecule has 1 saturated heterocycles. The molecule has 3 N–H and O–H groups in total. The van der Waals surface area contributed by atoms with Crippen molar-refractivity contribution in [2.24, 2.45) is 10.7 Å². The van der Waals surface area contributed by atoms with Gasteiger partial charge in [0.05, 0.1) is 26.9 Å². The molecule has 1 heterocycles. The third kappa shape index (κ3) is 6.15. The SMILES string of the molecule is COc1ccc(NC(N)=NCC(C)(C)N2CCOCC2)cc1.I. The number of hydrogen-bond acceptors (Lipinski definition) is 4. The number of nitrogens with two attached hydrogens (primary N) is 1. The molecular formula is C16H27IN4O2. The number of aliphatic imine (C=N–C) groups is 1. The predicted octanol–water partition coefficient (Wildman–Crippen LogP) is 2.15. The van der Waals surface area contributed by atoms with Crippen molar-refractivity contribution >= 4 is 35.6 Å². The van der Waals surface area contributed by atoms with Gasteiger partial charge in [0.25, 0.3) is 0 Å². The normalized spacial score (nSPS) is 16.6. The number of methoxy groups -OCH3 is 1. The highest BCUT2D eigenvalue weighted by molar-refractivity contribution is 14.0. The van der Waals surface area contributed by atoms with E-state index in [-0.39, 0.29) is 29.5 Å². The van der Waals surface area contributed by atoms with E-state index >= 15 is 0 Å². The topological polar surface area (TPSA) is 72.1 Å². The van der Waals surface area contributed by atoms with Crippen molar-refractivity contribution < 1.29 is 9.47 Å². The third-order valence-corrected chi connectivity index (χ3v) is 3.87. The van der Waals surface area contributed by atoms with E-state index in [9.17, 15) is 0 Å². The molecule has 0 amide bonds. The first kappa shape index (κ1) is 20.0. The maximum Gasteiger partial charge on any atom is 0.193 e. The van der Waals surface area contributed by atoms with Crippen LogP contribution in [0.15, 0.2) is 29.3 Å². The number of morpholine rings is 1. The van der Waals surface area contributed by atoms with Crippen molar-refractivity contribution in [1.82, 2.24) is 4.90 Å². The molecule has 1 aromatic rings. The van der Waals surface area contributed by atoms with Crippen LogP contribution in [-0.2, 0) is 4.74 Å². The Hall–Kier alpha value is -1.06. The van der Waals surface area contributed by atoms with E-state index in [0.717, 1.165) is 37.7 Å². The Balaban J connectivity index is 0.00000264. The van der Waals surface area contributed by atoms with Crippen LogP contribution in [0.5, 0.6) is 5.75 Å². The van der Waals surface area contributed by atoms with Crippen molar-refractivity contribution in [3.05, 3.63) is 24.3 Å². The zero-order valence-electron chi connectivity index (χ0n) is 14.0. The zero-order chi connectivity index (χ0) is 16.0. The standard InChI is InChI=1S/C16H26N4O2.HI/c1-16(2,20-8-10-22-11-9-20)12-18-15(17)19-13-4-6-14(21-3)7-5-13;/h4-7H,8-12H2,1-3H3,(H3,17,18,19);1H. The monoisotopic (exact) mass is 434 g/mol. The van der Waals surface area contributed by atoms with Crippen molar-refractivity contribution in [2.45, 2.75) is 19.4 Å². The average molecular weight is 434 g/mol. The van der Waals surface area contributed by atoms with Gasteiger partial charge in [-0.15, -0.1) is 24.0 Å². The van der Waals surface area contributed by atoms with Gasteiger partial charge in [0, 0.05) is 24.3 Å². The second-order valence-electron chi connectivity index (χ2n) is 5.97. The summed E-state index contributed by atoms with van der Waals surface area (Å²) < 4.78 is 10.5. The summed E-state index contributed by atoms with van der Waals surface area (Å²) in [5, 5.41) is 3.10. The average Bonchev–Trinajstić information content (AvgIpc) is 2.55. The molecule has 0 radical (unpaired) electrons. The first-order valence-corrected chi connectivity index (χ1v) is 7.55. The van der Waals surface area contributed by atoms with Crippen LogP contribution in [0.25, 0.3) is 0 Å². The Bertz CT molecular complexity index is 499. The van der Waals surface area contributed by atoms with Gasteiger partial charge in [-0.1, -0.05) is 0 Å². The molecule has 0 aliphatic carbocycles. The molecule has 1 aromatic carbocycles. The van der Waals surface area contributed by atoms with Crippen molar-refractivity contribution in [2.75, 3.05) is 45.3 Å². The van der Waals surface area contributed by atoms with Gasteiger partial charge in [-0.05, 0) is 38.1 Å². The maximum absolute atomic E-state index is 5.98. The second kappa shape index (κ2) is 9.29. The Morgan fingerprint density at radius 1 is 1.30 bits per heavy atom. The lowest BCUT2D eigenvalue weighted by atomic mass is 10.0. The number of ether oxygens (including phenoxy) is 2. The summed E-state index contributed by atoms with van der Waals surface area (Å²) in [5.74, 6) is 1.24. The summed E-state index contributed by atoms with van der Waals surface area (Å²) in [7, 11) is 1.64. The first-order chi connectivity index (χ1) is 10.5. The molecule has 23 heavy (non-hydrogen) atoms. The Kier molecular flexibility index (Phi) is 8.07. The number of anilines is 1. The van der Waals surface area contributed by atoms with Gasteiger partial charge in [-0.25, -0.2) is 0 Å². The third-order valence-electron chi connectivity index (χ3n) is 3.87. The van der Waals surface area contributed by atoms with Crippen molar-refractivity contribution in [1.29, 1.82) is 0 Å². The Morgan fingerprint density at radius 3 is 2.48 bits per heavy atom. The maximum atomic E-state index is 5.98. The summed E-state index contributed by atoms with van der Waals surface area (Å²) in [5.41, 5.74) is 6.84. The fraction of sp³-hybridized carbons (Fsp3) is 0.562. The smallest absolute Gasteiger partial charge is 0.193 e. The summed E-state index contributed by atoms with van der Waals surface area (Å²) in [6.07, 6.45) is 0. The molecular weight excluding hydrogens is 407 g/mol. The van der Waals surface area contributed by atoms with E-state index in [1.807, 2.05) is 24.3 Å². The highest BCUT2D eigenvalue weighted by Crippen LogP contribution is 2.17. The highest BCUT2D eigenvalue weighted by Gasteiger charge is 2.27. The molecule has 0 unspecified atom stereocenters. The molecule has 130 valence electrons. The molecule has 1 aliphatic rings. The van der Waals surface area contributed by atoms with E-state index in [2.05, 4.69) is 29.1 Å². The van der Waals surface area contributed by atoms with Gasteiger partial charge in [-0.2, -0.15) is 0 Å². The van der Waals surface area contributed by atoms with Gasteiger partial charge in [0.15, 0.2) is 5.96 Å². The van der Waals surface area contributed by atoms with E-state index in [0.29, 0.717) is 12.5 Å². The number of rotatable bonds is 5. The molecule has 2 rings (SSSR count). The van der Waals surface area contributed by atoms with Crippen LogP contribution < -0.4 is 15.8 Å². The van der Waals surface area contributed by atoms with Gasteiger partial charge < -0.3 is 20.5 Å². The second-order valence-corrected chi connectivity index (χ2v) is 5.97. The Morgan fingerprint density at radius 2 is 1.91 bits per heavy atom. The van der Waals surface area contributed by atoms with Crippen molar-refractivity contribution in [3.8, 4) is 5.75 Å². The van der Waals surface area contributed by atoms with Gasteiger partial charge >= 0.3 is 0 Å². The van der Waals surface area contributed by atoms with Crippen LogP contribution in [0.1, 0.15) is 13.8 Å². The molecule has 1 fully saturated rings. The van der Waals surface area contributed by atoms with E-state index in [1.165, 1.54) is 0 Å². The number of halogens is 1. The lowest BCUT2D eigenvalue weighted by Crippen LogP contribution is -2.51. The number of nitrogens with zero attached hydrogens (tertiary/aromatic N) is 2. The molecule has 0 bridgehead atoms. The number of guanidine groups is 1. The van der Waals surface area contributed by atoms with Gasteiger partial charge in [-0.3, -0.25) is 9.89 Å². The van der Waals surface area contributed by atoms with Gasteiger partial charge in [0.1, 0.15) is 5.75 Å². The van der Waals surface area contributed by atoms with Crippen molar-refractivity contribution in [3.63, 3.8) is 0 Å². The van der Waals surface area contributed by atoms with E-state index in [1.54, 1.807) is 7.11 Å². The van der Waals surface area contributed by atoms with Crippen LogP contribution >= 0.6 is 24.0 Å². The number of hydrogen-bond donors (Lipinski definition) is 2. The van der Waals surface area contributed by atoms with Gasteiger partial charge in [0.2, 0.25) is 0 Å². The molecule has 0 atom stereocenters. The quantitative estimate of drug-likeness (QED) is 0.422.